The highest BCUT2D eigenvalue weighted by molar-refractivity contribution is 5.84. The fourth-order valence-corrected chi connectivity index (χ4v) is 2.60. The van der Waals surface area contributed by atoms with Gasteiger partial charge in [0, 0.05) is 6.21 Å². The van der Waals surface area contributed by atoms with Crippen molar-refractivity contribution in [3.8, 4) is 11.1 Å². The lowest BCUT2D eigenvalue weighted by Crippen LogP contribution is -2.20. The van der Waals surface area contributed by atoms with Gasteiger partial charge >= 0.3 is 0 Å². The Morgan fingerprint density at radius 2 is 1.86 bits per heavy atom. The average Bonchev–Trinajstić information content (AvgIpc) is 3.16. The lowest BCUT2D eigenvalue weighted by molar-refractivity contribution is 0.913. The third kappa shape index (κ3) is 2.18. The van der Waals surface area contributed by atoms with E-state index in [1.165, 1.54) is 16.7 Å². The molecule has 4 heteroatoms. The summed E-state index contributed by atoms with van der Waals surface area (Å²) in [5, 5.41) is 0. The molecule has 2 heterocycles. The van der Waals surface area contributed by atoms with Crippen LogP contribution in [0, 0.1) is 6.92 Å². The monoisotopic (exact) mass is 276 g/mol. The molecular formula is C17H16N4. The van der Waals surface area contributed by atoms with Crippen LogP contribution in [0.15, 0.2) is 47.5 Å². The van der Waals surface area contributed by atoms with Crippen molar-refractivity contribution < 1.29 is 0 Å². The van der Waals surface area contributed by atoms with Crippen molar-refractivity contribution >= 4 is 23.2 Å². The lowest BCUT2D eigenvalue weighted by atomic mass is 10.0. The zero-order valence-corrected chi connectivity index (χ0v) is 11.9. The largest absolute Gasteiger partial charge is 0.324 e. The number of anilines is 1. The first-order valence-corrected chi connectivity index (χ1v) is 7.10. The molecule has 4 rings (SSSR count). The molecule has 0 spiro atoms. The molecule has 0 unspecified atom stereocenters. The van der Waals surface area contributed by atoms with Crippen molar-refractivity contribution in [1.29, 1.82) is 0 Å². The Labute approximate surface area is 123 Å². The first-order chi connectivity index (χ1) is 10.3. The second-order valence-corrected chi connectivity index (χ2v) is 5.39. The molecule has 1 aliphatic heterocycles. The summed E-state index contributed by atoms with van der Waals surface area (Å²) >= 11 is 0. The van der Waals surface area contributed by atoms with Gasteiger partial charge in [0.2, 0.25) is 5.95 Å². The topological polar surface area (TPSA) is 44.3 Å². The molecule has 0 saturated carbocycles. The molecule has 2 aromatic carbocycles. The van der Waals surface area contributed by atoms with E-state index in [-0.39, 0.29) is 0 Å². The van der Waals surface area contributed by atoms with Crippen molar-refractivity contribution in [3.05, 3.63) is 48.0 Å². The Kier molecular flexibility index (Phi) is 2.74. The van der Waals surface area contributed by atoms with Gasteiger partial charge in [0.15, 0.2) is 0 Å². The smallest absolute Gasteiger partial charge is 0.205 e. The normalized spacial score (nSPS) is 14.2. The Morgan fingerprint density at radius 1 is 1.05 bits per heavy atom. The molecule has 0 bridgehead atoms. The molecule has 1 aliphatic rings. The number of imidazole rings is 1. The highest BCUT2D eigenvalue weighted by Crippen LogP contribution is 2.25. The van der Waals surface area contributed by atoms with E-state index >= 15 is 0 Å². The molecule has 0 saturated heterocycles. The Morgan fingerprint density at radius 3 is 2.62 bits per heavy atom. The summed E-state index contributed by atoms with van der Waals surface area (Å²) in [5.74, 6) is 0.892. The molecule has 21 heavy (non-hydrogen) atoms. The second kappa shape index (κ2) is 4.74. The number of H-pyrrole nitrogens is 1. The van der Waals surface area contributed by atoms with Gasteiger partial charge in [-0.2, -0.15) is 0 Å². The molecule has 3 aromatic rings. The molecule has 0 amide bonds. The summed E-state index contributed by atoms with van der Waals surface area (Å²) < 4.78 is 0. The molecule has 0 atom stereocenters. The van der Waals surface area contributed by atoms with Crippen LogP contribution in [0.25, 0.3) is 22.2 Å². The van der Waals surface area contributed by atoms with Crippen LogP contribution in [0.3, 0.4) is 0 Å². The predicted octanol–water partition coefficient (Wildman–Crippen LogP) is 3.39. The van der Waals surface area contributed by atoms with Gasteiger partial charge in [0.05, 0.1) is 17.6 Å². The minimum absolute atomic E-state index is 0.685. The number of rotatable bonds is 2. The fourth-order valence-electron chi connectivity index (χ4n) is 2.60. The first kappa shape index (κ1) is 12.1. The SMILES string of the molecule is Cc1ccc(-c2ccc3nc(N4CC=NC4)[nH]c3c2)cc1. The molecule has 0 aliphatic carbocycles. The molecular weight excluding hydrogens is 260 g/mol. The number of nitrogens with zero attached hydrogens (tertiary/aromatic N) is 3. The third-order valence-corrected chi connectivity index (χ3v) is 3.84. The van der Waals surface area contributed by atoms with Crippen LogP contribution in [0.4, 0.5) is 5.95 Å². The molecule has 104 valence electrons. The van der Waals surface area contributed by atoms with E-state index in [0.717, 1.165) is 23.5 Å². The van der Waals surface area contributed by atoms with Crippen LogP contribution in [-0.2, 0) is 0 Å². The van der Waals surface area contributed by atoms with Gasteiger partial charge in [0.1, 0.15) is 6.67 Å². The molecule has 4 nitrogen and oxygen atoms in total. The van der Waals surface area contributed by atoms with Crippen LogP contribution in [0.1, 0.15) is 5.56 Å². The number of hydrogen-bond donors (Lipinski definition) is 1. The van der Waals surface area contributed by atoms with Crippen molar-refractivity contribution in [3.63, 3.8) is 0 Å². The van der Waals surface area contributed by atoms with Gasteiger partial charge in [-0.05, 0) is 30.2 Å². The summed E-state index contributed by atoms with van der Waals surface area (Å²) in [6, 6.07) is 14.9. The fraction of sp³-hybridized carbons (Fsp3) is 0.176. The minimum Gasteiger partial charge on any atom is -0.324 e. The summed E-state index contributed by atoms with van der Waals surface area (Å²) in [6.45, 7) is 3.61. The summed E-state index contributed by atoms with van der Waals surface area (Å²) in [6.07, 6.45) is 1.92. The van der Waals surface area contributed by atoms with E-state index in [0.29, 0.717) is 6.67 Å². The lowest BCUT2D eigenvalue weighted by Gasteiger charge is -2.10. The van der Waals surface area contributed by atoms with E-state index < -0.39 is 0 Å². The van der Waals surface area contributed by atoms with E-state index in [2.05, 4.69) is 69.2 Å². The zero-order valence-electron chi connectivity index (χ0n) is 11.9. The van der Waals surface area contributed by atoms with Gasteiger partial charge in [-0.25, -0.2) is 4.98 Å². The van der Waals surface area contributed by atoms with Crippen molar-refractivity contribution in [2.75, 3.05) is 18.1 Å². The van der Waals surface area contributed by atoms with Crippen molar-refractivity contribution in [2.45, 2.75) is 6.92 Å². The van der Waals surface area contributed by atoms with Gasteiger partial charge in [0.25, 0.3) is 0 Å². The average molecular weight is 276 g/mol. The van der Waals surface area contributed by atoms with E-state index in [9.17, 15) is 0 Å². The van der Waals surface area contributed by atoms with Crippen LogP contribution in [-0.4, -0.2) is 29.4 Å². The number of hydrogen-bond acceptors (Lipinski definition) is 3. The van der Waals surface area contributed by atoms with E-state index in [1.807, 2.05) is 6.21 Å². The number of fused-ring (bicyclic) bond motifs is 1. The maximum absolute atomic E-state index is 4.63. The van der Waals surface area contributed by atoms with E-state index in [1.54, 1.807) is 0 Å². The standard InChI is InChI=1S/C17H16N4/c1-12-2-4-13(5-3-12)14-6-7-15-16(10-14)20-17(19-15)21-9-8-18-11-21/h2-8,10H,9,11H2,1H3,(H,19,20). The highest BCUT2D eigenvalue weighted by Gasteiger charge is 2.13. The quantitative estimate of drug-likeness (QED) is 0.779. The minimum atomic E-state index is 0.685. The third-order valence-electron chi connectivity index (χ3n) is 3.84. The van der Waals surface area contributed by atoms with Crippen LogP contribution in [0.5, 0.6) is 0 Å². The van der Waals surface area contributed by atoms with Gasteiger partial charge < -0.3 is 9.88 Å². The van der Waals surface area contributed by atoms with Gasteiger partial charge in [-0.1, -0.05) is 35.9 Å². The summed E-state index contributed by atoms with van der Waals surface area (Å²) in [4.78, 5) is 14.4. The number of aliphatic imine (C=N–C) groups is 1. The van der Waals surface area contributed by atoms with Crippen LogP contribution >= 0.6 is 0 Å². The predicted molar refractivity (Wildman–Crippen MR) is 87.0 cm³/mol. The summed E-state index contributed by atoms with van der Waals surface area (Å²) in [7, 11) is 0. The maximum atomic E-state index is 4.63. The molecule has 0 radical (unpaired) electrons. The second-order valence-electron chi connectivity index (χ2n) is 5.39. The van der Waals surface area contributed by atoms with Crippen molar-refractivity contribution in [1.82, 2.24) is 9.97 Å². The Hall–Kier alpha value is -2.62. The van der Waals surface area contributed by atoms with Gasteiger partial charge in [-0.15, -0.1) is 0 Å². The maximum Gasteiger partial charge on any atom is 0.205 e. The number of aromatic amines is 1. The zero-order chi connectivity index (χ0) is 14.2. The number of nitrogens with one attached hydrogen (secondary N) is 1. The van der Waals surface area contributed by atoms with Crippen molar-refractivity contribution in [2.24, 2.45) is 4.99 Å². The van der Waals surface area contributed by atoms with Crippen LogP contribution < -0.4 is 4.90 Å². The summed E-state index contributed by atoms with van der Waals surface area (Å²) in [5.41, 5.74) is 5.76. The molecule has 1 N–H and O–H groups in total. The van der Waals surface area contributed by atoms with Crippen LogP contribution in [0.2, 0.25) is 0 Å². The first-order valence-electron chi connectivity index (χ1n) is 7.10. The molecule has 0 fully saturated rings. The van der Waals surface area contributed by atoms with E-state index in [4.69, 9.17) is 0 Å². The number of aryl methyl sites for hydroxylation is 1. The number of aromatic nitrogens is 2. The van der Waals surface area contributed by atoms with Gasteiger partial charge in [-0.3, -0.25) is 4.99 Å². The Bertz CT molecular complexity index is 806. The molecule has 1 aromatic heterocycles. The Balaban J connectivity index is 1.73. The number of benzene rings is 2. The highest BCUT2D eigenvalue weighted by atomic mass is 15.3.